The Morgan fingerprint density at radius 1 is 1.40 bits per heavy atom. The molecule has 0 aliphatic carbocycles. The molecule has 0 atom stereocenters. The fourth-order valence-corrected chi connectivity index (χ4v) is 2.02. The maximum Gasteiger partial charge on any atom is 0.128 e. The van der Waals surface area contributed by atoms with Crippen LogP contribution in [0.1, 0.15) is 44.9 Å². The SMILES string of the molecule is C=CCCCN(C)c1cc(CNC(C)C)cc(CC)n1. The Morgan fingerprint density at radius 3 is 2.75 bits per heavy atom. The highest BCUT2D eigenvalue weighted by atomic mass is 15.2. The second kappa shape index (κ2) is 8.75. The van der Waals surface area contributed by atoms with Crippen LogP contribution in [0.3, 0.4) is 0 Å². The van der Waals surface area contributed by atoms with E-state index in [1.807, 2.05) is 6.08 Å². The first-order valence-corrected chi connectivity index (χ1v) is 7.62. The number of hydrogen-bond donors (Lipinski definition) is 1. The summed E-state index contributed by atoms with van der Waals surface area (Å²) in [6, 6.07) is 4.90. The highest BCUT2D eigenvalue weighted by Gasteiger charge is 2.06. The first kappa shape index (κ1) is 16.7. The van der Waals surface area contributed by atoms with E-state index >= 15 is 0 Å². The van der Waals surface area contributed by atoms with Gasteiger partial charge in [0.15, 0.2) is 0 Å². The number of nitrogens with one attached hydrogen (secondary N) is 1. The summed E-state index contributed by atoms with van der Waals surface area (Å²) in [5.41, 5.74) is 2.48. The summed E-state index contributed by atoms with van der Waals surface area (Å²) in [6.07, 6.45) is 5.13. The molecule has 0 spiro atoms. The number of aryl methyl sites for hydroxylation is 1. The van der Waals surface area contributed by atoms with Crippen molar-refractivity contribution in [3.8, 4) is 0 Å². The van der Waals surface area contributed by atoms with Crippen molar-refractivity contribution in [2.45, 2.75) is 52.6 Å². The molecule has 1 N–H and O–H groups in total. The van der Waals surface area contributed by atoms with Crippen molar-refractivity contribution in [1.82, 2.24) is 10.3 Å². The molecule has 1 rings (SSSR count). The van der Waals surface area contributed by atoms with Gasteiger partial charge in [-0.2, -0.15) is 0 Å². The lowest BCUT2D eigenvalue weighted by Gasteiger charge is -2.20. The molecule has 1 heterocycles. The first-order chi connectivity index (χ1) is 9.56. The van der Waals surface area contributed by atoms with Crippen LogP contribution in [0, 0.1) is 0 Å². The van der Waals surface area contributed by atoms with Crippen molar-refractivity contribution in [3.63, 3.8) is 0 Å². The molecule has 0 fully saturated rings. The Hall–Kier alpha value is -1.35. The Balaban J connectivity index is 2.77. The van der Waals surface area contributed by atoms with Gasteiger partial charge in [0.2, 0.25) is 0 Å². The van der Waals surface area contributed by atoms with Crippen LogP contribution in [0.15, 0.2) is 24.8 Å². The van der Waals surface area contributed by atoms with Crippen LogP contribution in [-0.2, 0) is 13.0 Å². The van der Waals surface area contributed by atoms with Gasteiger partial charge in [0.1, 0.15) is 5.82 Å². The number of nitrogens with zero attached hydrogens (tertiary/aromatic N) is 2. The lowest BCUT2D eigenvalue weighted by Crippen LogP contribution is -2.23. The van der Waals surface area contributed by atoms with E-state index in [0.717, 1.165) is 38.2 Å². The van der Waals surface area contributed by atoms with Crippen LogP contribution in [0.25, 0.3) is 0 Å². The van der Waals surface area contributed by atoms with E-state index in [0.29, 0.717) is 6.04 Å². The number of anilines is 1. The molecule has 112 valence electrons. The van der Waals surface area contributed by atoms with Crippen molar-refractivity contribution in [2.24, 2.45) is 0 Å². The third-order valence-electron chi connectivity index (χ3n) is 3.29. The molecule has 0 unspecified atom stereocenters. The standard InChI is InChI=1S/C17H29N3/c1-6-8-9-10-20(5)17-12-15(13-18-14(3)4)11-16(7-2)19-17/h6,11-12,14,18H,1,7-10,13H2,2-5H3. The fourth-order valence-electron chi connectivity index (χ4n) is 2.02. The molecule has 0 amide bonds. The zero-order valence-corrected chi connectivity index (χ0v) is 13.4. The second-order valence-electron chi connectivity index (χ2n) is 5.57. The van der Waals surface area contributed by atoms with E-state index in [2.05, 4.69) is 56.7 Å². The van der Waals surface area contributed by atoms with Crippen LogP contribution >= 0.6 is 0 Å². The number of hydrogen-bond acceptors (Lipinski definition) is 3. The van der Waals surface area contributed by atoms with E-state index in [9.17, 15) is 0 Å². The van der Waals surface area contributed by atoms with Gasteiger partial charge in [-0.25, -0.2) is 4.98 Å². The molecular weight excluding hydrogens is 246 g/mol. The molecule has 3 nitrogen and oxygen atoms in total. The van der Waals surface area contributed by atoms with Gasteiger partial charge in [0.25, 0.3) is 0 Å². The summed E-state index contributed by atoms with van der Waals surface area (Å²) < 4.78 is 0. The topological polar surface area (TPSA) is 28.2 Å². The highest BCUT2D eigenvalue weighted by Crippen LogP contribution is 2.15. The zero-order valence-electron chi connectivity index (χ0n) is 13.4. The molecule has 0 aromatic carbocycles. The second-order valence-corrected chi connectivity index (χ2v) is 5.57. The summed E-state index contributed by atoms with van der Waals surface area (Å²) in [6.45, 7) is 12.2. The maximum absolute atomic E-state index is 4.73. The number of pyridine rings is 1. The minimum absolute atomic E-state index is 0.502. The molecule has 3 heteroatoms. The summed E-state index contributed by atoms with van der Waals surface area (Å²) in [5, 5.41) is 3.47. The average molecular weight is 275 g/mol. The predicted molar refractivity (Wildman–Crippen MR) is 88.3 cm³/mol. The Bertz CT molecular complexity index is 413. The van der Waals surface area contributed by atoms with E-state index in [1.165, 1.54) is 11.3 Å². The minimum atomic E-state index is 0.502. The molecule has 0 saturated heterocycles. The Morgan fingerprint density at radius 2 is 2.15 bits per heavy atom. The van der Waals surface area contributed by atoms with Gasteiger partial charge in [-0.1, -0.05) is 26.8 Å². The van der Waals surface area contributed by atoms with Crippen molar-refractivity contribution in [2.75, 3.05) is 18.5 Å². The summed E-state index contributed by atoms with van der Waals surface area (Å²) in [5.74, 6) is 1.08. The van der Waals surface area contributed by atoms with Gasteiger partial charge >= 0.3 is 0 Å². The molecule has 0 aliphatic rings. The van der Waals surface area contributed by atoms with Crippen molar-refractivity contribution in [1.29, 1.82) is 0 Å². The van der Waals surface area contributed by atoms with Crippen molar-refractivity contribution >= 4 is 5.82 Å². The van der Waals surface area contributed by atoms with E-state index in [-0.39, 0.29) is 0 Å². The average Bonchev–Trinajstić information content (AvgIpc) is 2.44. The van der Waals surface area contributed by atoms with Gasteiger partial charge in [-0.3, -0.25) is 0 Å². The zero-order chi connectivity index (χ0) is 15.0. The molecular formula is C17H29N3. The van der Waals surface area contributed by atoms with Gasteiger partial charge in [0.05, 0.1) is 0 Å². The van der Waals surface area contributed by atoms with Gasteiger partial charge in [-0.15, -0.1) is 6.58 Å². The summed E-state index contributed by atoms with van der Waals surface area (Å²) in [7, 11) is 2.12. The highest BCUT2D eigenvalue weighted by molar-refractivity contribution is 5.42. The van der Waals surface area contributed by atoms with Gasteiger partial charge in [-0.05, 0) is 37.0 Å². The fraction of sp³-hybridized carbons (Fsp3) is 0.588. The number of unbranched alkanes of at least 4 members (excludes halogenated alkanes) is 1. The normalized spacial score (nSPS) is 10.8. The van der Waals surface area contributed by atoms with Crippen molar-refractivity contribution in [3.05, 3.63) is 36.0 Å². The molecule has 0 bridgehead atoms. The molecule has 20 heavy (non-hydrogen) atoms. The number of aromatic nitrogens is 1. The van der Waals surface area contributed by atoms with E-state index in [4.69, 9.17) is 4.98 Å². The van der Waals surface area contributed by atoms with Crippen molar-refractivity contribution < 1.29 is 0 Å². The molecule has 1 aromatic rings. The maximum atomic E-state index is 4.73. The van der Waals surface area contributed by atoms with Crippen LogP contribution in [0.2, 0.25) is 0 Å². The number of allylic oxidation sites excluding steroid dienone is 1. The Labute approximate surface area is 124 Å². The molecule has 0 aliphatic heterocycles. The predicted octanol–water partition coefficient (Wildman–Crippen LogP) is 3.54. The number of rotatable bonds is 9. The first-order valence-electron chi connectivity index (χ1n) is 7.62. The van der Waals surface area contributed by atoms with Crippen LogP contribution < -0.4 is 10.2 Å². The molecule has 0 radical (unpaired) electrons. The van der Waals surface area contributed by atoms with Crippen LogP contribution in [0.5, 0.6) is 0 Å². The lowest BCUT2D eigenvalue weighted by atomic mass is 10.1. The van der Waals surface area contributed by atoms with E-state index in [1.54, 1.807) is 0 Å². The van der Waals surface area contributed by atoms with Crippen LogP contribution in [-0.4, -0.2) is 24.6 Å². The lowest BCUT2D eigenvalue weighted by molar-refractivity contribution is 0.588. The third-order valence-corrected chi connectivity index (χ3v) is 3.29. The smallest absolute Gasteiger partial charge is 0.128 e. The third kappa shape index (κ3) is 5.74. The quantitative estimate of drug-likeness (QED) is 0.552. The van der Waals surface area contributed by atoms with E-state index < -0.39 is 0 Å². The van der Waals surface area contributed by atoms with Gasteiger partial charge < -0.3 is 10.2 Å². The monoisotopic (exact) mass is 275 g/mol. The Kier molecular flexibility index (Phi) is 7.31. The van der Waals surface area contributed by atoms with Gasteiger partial charge in [0, 0.05) is 31.9 Å². The largest absolute Gasteiger partial charge is 0.360 e. The summed E-state index contributed by atoms with van der Waals surface area (Å²) >= 11 is 0. The summed E-state index contributed by atoms with van der Waals surface area (Å²) in [4.78, 5) is 6.97. The minimum Gasteiger partial charge on any atom is -0.360 e. The van der Waals surface area contributed by atoms with Crippen LogP contribution in [0.4, 0.5) is 5.82 Å². The molecule has 0 saturated carbocycles. The molecule has 1 aromatic heterocycles.